The Kier molecular flexibility index (Phi) is 10.9. The van der Waals surface area contributed by atoms with Crippen molar-refractivity contribution >= 4 is 17.7 Å². The number of hydrogen-bond donors (Lipinski definition) is 3. The Balaban J connectivity index is 5.09. The fraction of sp³-hybridized carbons (Fsp3) is 0.824. The van der Waals surface area contributed by atoms with Crippen LogP contribution in [0.1, 0.15) is 65.7 Å². The molecular weight excluding hydrogens is 351 g/mol. The molecular formula is C17H30F3N3O3. The van der Waals surface area contributed by atoms with Crippen LogP contribution in [0.3, 0.4) is 0 Å². The summed E-state index contributed by atoms with van der Waals surface area (Å²) in [5, 5.41) is 7.41. The molecule has 6 nitrogen and oxygen atoms in total. The summed E-state index contributed by atoms with van der Waals surface area (Å²) >= 11 is 0. The molecule has 0 aromatic carbocycles. The Morgan fingerprint density at radius 1 is 0.808 bits per heavy atom. The Morgan fingerprint density at radius 3 is 1.58 bits per heavy atom. The Morgan fingerprint density at radius 2 is 1.23 bits per heavy atom. The first-order valence-corrected chi connectivity index (χ1v) is 8.90. The van der Waals surface area contributed by atoms with Crippen LogP contribution in [0.2, 0.25) is 0 Å². The first-order valence-electron chi connectivity index (χ1n) is 8.90. The molecule has 0 fully saturated rings. The monoisotopic (exact) mass is 381 g/mol. The molecule has 0 rings (SSSR count). The van der Waals surface area contributed by atoms with Gasteiger partial charge in [-0.1, -0.05) is 19.8 Å². The van der Waals surface area contributed by atoms with Crippen LogP contribution in [0.5, 0.6) is 0 Å². The molecule has 0 aromatic rings. The zero-order valence-corrected chi connectivity index (χ0v) is 15.7. The van der Waals surface area contributed by atoms with Gasteiger partial charge in [0.15, 0.2) is 0 Å². The third kappa shape index (κ3) is 10.9. The molecule has 0 saturated heterocycles. The van der Waals surface area contributed by atoms with Gasteiger partial charge in [-0.3, -0.25) is 14.4 Å². The second-order valence-corrected chi connectivity index (χ2v) is 6.51. The summed E-state index contributed by atoms with van der Waals surface area (Å²) in [6.45, 7) is 5.31. The minimum atomic E-state index is -4.95. The van der Waals surface area contributed by atoms with Crippen LogP contribution in [-0.4, -0.2) is 42.5 Å². The molecule has 152 valence electrons. The molecule has 0 saturated carbocycles. The summed E-state index contributed by atoms with van der Waals surface area (Å²) < 4.78 is 38.3. The highest BCUT2D eigenvalue weighted by Crippen LogP contribution is 2.28. The zero-order valence-electron chi connectivity index (χ0n) is 15.7. The number of amides is 3. The minimum absolute atomic E-state index is 0.214. The largest absolute Gasteiger partial charge is 0.471 e. The van der Waals surface area contributed by atoms with Crippen LogP contribution in [0.25, 0.3) is 0 Å². The third-order valence-corrected chi connectivity index (χ3v) is 4.06. The van der Waals surface area contributed by atoms with E-state index in [1.54, 1.807) is 0 Å². The molecule has 0 heterocycles. The van der Waals surface area contributed by atoms with Crippen molar-refractivity contribution in [2.24, 2.45) is 0 Å². The lowest BCUT2D eigenvalue weighted by atomic mass is 9.83. The van der Waals surface area contributed by atoms with E-state index in [0.717, 1.165) is 6.42 Å². The maximum absolute atomic E-state index is 12.8. The number of halogens is 3. The van der Waals surface area contributed by atoms with Crippen molar-refractivity contribution in [3.8, 4) is 0 Å². The fourth-order valence-electron chi connectivity index (χ4n) is 2.77. The average molecular weight is 381 g/mol. The minimum Gasteiger partial charge on any atom is -0.356 e. The van der Waals surface area contributed by atoms with E-state index in [2.05, 4.69) is 16.0 Å². The second-order valence-electron chi connectivity index (χ2n) is 6.51. The van der Waals surface area contributed by atoms with Gasteiger partial charge in [-0.2, -0.15) is 13.2 Å². The summed E-state index contributed by atoms with van der Waals surface area (Å²) in [7, 11) is 0. The molecule has 0 unspecified atom stereocenters. The standard InChI is InChI=1S/C17H30F3N3O3/c1-4-5-8-16(9-6-11-21-13(2)24,10-7-12-22-14(3)25)23-15(26)17(18,19)20/h4-12H2,1-3H3,(H,21,24)(H,22,25)(H,23,26). The molecule has 3 amide bonds. The van der Waals surface area contributed by atoms with Gasteiger partial charge in [0.25, 0.3) is 0 Å². The van der Waals surface area contributed by atoms with E-state index in [0.29, 0.717) is 51.6 Å². The molecule has 0 aliphatic heterocycles. The van der Waals surface area contributed by atoms with Crippen molar-refractivity contribution in [1.82, 2.24) is 16.0 Å². The van der Waals surface area contributed by atoms with Crippen LogP contribution in [0.4, 0.5) is 13.2 Å². The van der Waals surface area contributed by atoms with Crippen LogP contribution in [0.15, 0.2) is 0 Å². The smallest absolute Gasteiger partial charge is 0.356 e. The number of hydrogen-bond acceptors (Lipinski definition) is 3. The molecule has 0 aliphatic rings. The van der Waals surface area contributed by atoms with Crippen molar-refractivity contribution in [1.29, 1.82) is 0 Å². The highest BCUT2D eigenvalue weighted by atomic mass is 19.4. The predicted molar refractivity (Wildman–Crippen MR) is 92.3 cm³/mol. The van der Waals surface area contributed by atoms with Crippen molar-refractivity contribution in [2.75, 3.05) is 13.1 Å². The molecule has 0 aromatic heterocycles. The average Bonchev–Trinajstić information content (AvgIpc) is 2.52. The molecule has 3 N–H and O–H groups in total. The van der Waals surface area contributed by atoms with Crippen molar-refractivity contribution in [3.05, 3.63) is 0 Å². The quantitative estimate of drug-likeness (QED) is 0.454. The summed E-state index contributed by atoms with van der Waals surface area (Å²) in [5.41, 5.74) is -1.01. The maximum Gasteiger partial charge on any atom is 0.471 e. The number of alkyl halides is 3. The SMILES string of the molecule is CCCCC(CCCNC(C)=O)(CCCNC(C)=O)NC(=O)C(F)(F)F. The van der Waals surface area contributed by atoms with E-state index in [4.69, 9.17) is 0 Å². The van der Waals surface area contributed by atoms with Gasteiger partial charge in [-0.25, -0.2) is 0 Å². The van der Waals surface area contributed by atoms with Crippen LogP contribution < -0.4 is 16.0 Å². The Labute approximate surface area is 152 Å². The van der Waals surface area contributed by atoms with Crippen LogP contribution in [-0.2, 0) is 14.4 Å². The lowest BCUT2D eigenvalue weighted by molar-refractivity contribution is -0.176. The topological polar surface area (TPSA) is 87.3 Å². The summed E-state index contributed by atoms with van der Waals surface area (Å²) in [6, 6.07) is 0. The van der Waals surface area contributed by atoms with Crippen LogP contribution in [0, 0.1) is 0 Å². The molecule has 9 heteroatoms. The van der Waals surface area contributed by atoms with E-state index in [-0.39, 0.29) is 11.8 Å². The molecule has 0 spiro atoms. The Bertz CT molecular complexity index is 446. The first kappa shape index (κ1) is 24.2. The van der Waals surface area contributed by atoms with Gasteiger partial charge in [-0.05, 0) is 32.1 Å². The lowest BCUT2D eigenvalue weighted by Crippen LogP contribution is -2.53. The fourth-order valence-corrected chi connectivity index (χ4v) is 2.77. The van der Waals surface area contributed by atoms with Gasteiger partial charge in [0, 0.05) is 32.5 Å². The number of carbonyl (C=O) groups is 3. The first-order chi connectivity index (χ1) is 12.0. The van der Waals surface area contributed by atoms with E-state index in [1.165, 1.54) is 13.8 Å². The Hall–Kier alpha value is -1.80. The normalized spacial score (nSPS) is 11.8. The molecule has 26 heavy (non-hydrogen) atoms. The zero-order chi connectivity index (χ0) is 20.2. The van der Waals surface area contributed by atoms with E-state index in [9.17, 15) is 27.6 Å². The summed E-state index contributed by atoms with van der Waals surface area (Å²) in [6.07, 6.45) is -1.58. The lowest BCUT2D eigenvalue weighted by Gasteiger charge is -2.36. The van der Waals surface area contributed by atoms with Crippen molar-refractivity contribution in [2.45, 2.75) is 77.4 Å². The van der Waals surface area contributed by atoms with Gasteiger partial charge in [-0.15, -0.1) is 0 Å². The van der Waals surface area contributed by atoms with Gasteiger partial charge in [0.2, 0.25) is 11.8 Å². The maximum atomic E-state index is 12.8. The van der Waals surface area contributed by atoms with Crippen LogP contribution >= 0.6 is 0 Å². The summed E-state index contributed by atoms with van der Waals surface area (Å²) in [4.78, 5) is 33.5. The van der Waals surface area contributed by atoms with Crippen molar-refractivity contribution in [3.63, 3.8) is 0 Å². The third-order valence-electron chi connectivity index (χ3n) is 4.06. The summed E-state index contributed by atoms with van der Waals surface area (Å²) in [5.74, 6) is -2.38. The number of nitrogens with one attached hydrogen (secondary N) is 3. The number of unbranched alkanes of at least 4 members (excludes halogenated alkanes) is 1. The van der Waals surface area contributed by atoms with Gasteiger partial charge >= 0.3 is 12.1 Å². The predicted octanol–water partition coefficient (Wildman–Crippen LogP) is 2.43. The number of carbonyl (C=O) groups excluding carboxylic acids is 3. The van der Waals surface area contributed by atoms with Gasteiger partial charge in [0.1, 0.15) is 0 Å². The van der Waals surface area contributed by atoms with Gasteiger partial charge in [0.05, 0.1) is 0 Å². The molecule has 0 aliphatic carbocycles. The van der Waals surface area contributed by atoms with E-state index < -0.39 is 17.6 Å². The highest BCUT2D eigenvalue weighted by molar-refractivity contribution is 5.82. The highest BCUT2D eigenvalue weighted by Gasteiger charge is 2.43. The van der Waals surface area contributed by atoms with Crippen molar-refractivity contribution < 1.29 is 27.6 Å². The second kappa shape index (κ2) is 11.7. The molecule has 0 atom stereocenters. The molecule has 0 radical (unpaired) electrons. The van der Waals surface area contributed by atoms with E-state index in [1.807, 2.05) is 6.92 Å². The van der Waals surface area contributed by atoms with Gasteiger partial charge < -0.3 is 16.0 Å². The molecule has 0 bridgehead atoms. The number of rotatable bonds is 12. The van der Waals surface area contributed by atoms with E-state index >= 15 is 0 Å².